The first kappa shape index (κ1) is 10.0. The van der Waals surface area contributed by atoms with Crippen molar-refractivity contribution in [2.45, 2.75) is 32.7 Å². The first-order chi connectivity index (χ1) is 5.72. The van der Waals surface area contributed by atoms with Gasteiger partial charge in [-0.3, -0.25) is 0 Å². The second-order valence-corrected chi connectivity index (χ2v) is 4.29. The molecule has 1 aliphatic carbocycles. The lowest BCUT2D eigenvalue weighted by Crippen LogP contribution is -2.43. The number of hydrogen-bond donors (Lipinski definition) is 1. The Bertz CT molecular complexity index is 119. The summed E-state index contributed by atoms with van der Waals surface area (Å²) in [4.78, 5) is 0. The summed E-state index contributed by atoms with van der Waals surface area (Å²) in [5.74, 6) is 1.59. The topological polar surface area (TPSA) is 21.3 Å². The lowest BCUT2D eigenvalue weighted by atomic mass is 9.81. The largest absolute Gasteiger partial charge is 0.384 e. The van der Waals surface area contributed by atoms with Crippen molar-refractivity contribution >= 4 is 0 Å². The minimum atomic E-state index is 0.770. The van der Waals surface area contributed by atoms with Gasteiger partial charge in [0.2, 0.25) is 0 Å². The van der Waals surface area contributed by atoms with Gasteiger partial charge in [0.15, 0.2) is 0 Å². The van der Waals surface area contributed by atoms with E-state index in [1.165, 1.54) is 12.8 Å². The molecule has 0 aliphatic heterocycles. The Balaban J connectivity index is 1.95. The molecule has 2 nitrogen and oxygen atoms in total. The molecule has 72 valence electrons. The first-order valence-corrected chi connectivity index (χ1v) is 4.94. The van der Waals surface area contributed by atoms with Gasteiger partial charge in [0.25, 0.3) is 0 Å². The highest BCUT2D eigenvalue weighted by Crippen LogP contribution is 2.27. The Morgan fingerprint density at radius 3 is 2.58 bits per heavy atom. The maximum absolute atomic E-state index is 5.09. The number of rotatable bonds is 5. The van der Waals surface area contributed by atoms with Gasteiger partial charge in [0, 0.05) is 19.8 Å². The van der Waals surface area contributed by atoms with Crippen LogP contribution in [0.5, 0.6) is 0 Å². The summed E-state index contributed by atoms with van der Waals surface area (Å²) in [5.41, 5.74) is 0. The van der Waals surface area contributed by atoms with Crippen LogP contribution in [-0.2, 0) is 4.74 Å². The predicted octanol–water partition coefficient (Wildman–Crippen LogP) is 1.66. The first-order valence-electron chi connectivity index (χ1n) is 4.94. The van der Waals surface area contributed by atoms with Gasteiger partial charge in [-0.25, -0.2) is 0 Å². The molecule has 12 heavy (non-hydrogen) atoms. The SMILES string of the molecule is COC[C@H]1C[C@@H](NCC(C)C)C1. The average molecular weight is 171 g/mol. The Labute approximate surface area is 75.7 Å². The molecule has 0 aromatic heterocycles. The van der Waals surface area contributed by atoms with Gasteiger partial charge in [-0.05, 0) is 31.2 Å². The van der Waals surface area contributed by atoms with Gasteiger partial charge in [-0.1, -0.05) is 13.8 Å². The fourth-order valence-corrected chi connectivity index (χ4v) is 1.68. The van der Waals surface area contributed by atoms with Crippen molar-refractivity contribution in [1.82, 2.24) is 5.32 Å². The summed E-state index contributed by atoms with van der Waals surface area (Å²) in [6.45, 7) is 6.60. The van der Waals surface area contributed by atoms with Crippen molar-refractivity contribution in [3.05, 3.63) is 0 Å². The third kappa shape index (κ3) is 3.11. The molecule has 1 N–H and O–H groups in total. The molecule has 0 aromatic rings. The Morgan fingerprint density at radius 2 is 2.08 bits per heavy atom. The summed E-state index contributed by atoms with van der Waals surface area (Å²) < 4.78 is 5.09. The van der Waals surface area contributed by atoms with E-state index in [4.69, 9.17) is 4.74 Å². The molecule has 1 aliphatic rings. The quantitative estimate of drug-likeness (QED) is 0.679. The maximum atomic E-state index is 5.09. The van der Waals surface area contributed by atoms with Gasteiger partial charge in [0.1, 0.15) is 0 Å². The Morgan fingerprint density at radius 1 is 1.42 bits per heavy atom. The zero-order chi connectivity index (χ0) is 8.97. The van der Waals surface area contributed by atoms with E-state index in [1.54, 1.807) is 7.11 Å². The predicted molar refractivity (Wildman–Crippen MR) is 51.2 cm³/mol. The van der Waals surface area contributed by atoms with Gasteiger partial charge in [-0.2, -0.15) is 0 Å². The van der Waals surface area contributed by atoms with E-state index < -0.39 is 0 Å². The molecular formula is C10H21NO. The van der Waals surface area contributed by atoms with Crippen molar-refractivity contribution in [2.24, 2.45) is 11.8 Å². The highest BCUT2D eigenvalue weighted by molar-refractivity contribution is 4.84. The van der Waals surface area contributed by atoms with Gasteiger partial charge >= 0.3 is 0 Å². The fraction of sp³-hybridized carbons (Fsp3) is 1.00. The zero-order valence-electron chi connectivity index (χ0n) is 8.47. The maximum Gasteiger partial charge on any atom is 0.0491 e. The minimum Gasteiger partial charge on any atom is -0.384 e. The summed E-state index contributed by atoms with van der Waals surface area (Å²) in [5, 5.41) is 3.55. The summed E-state index contributed by atoms with van der Waals surface area (Å²) in [7, 11) is 1.79. The molecule has 0 unspecified atom stereocenters. The number of hydrogen-bond acceptors (Lipinski definition) is 2. The van der Waals surface area contributed by atoms with Crippen molar-refractivity contribution in [3.8, 4) is 0 Å². The van der Waals surface area contributed by atoms with Crippen LogP contribution in [0.1, 0.15) is 26.7 Å². The van der Waals surface area contributed by atoms with E-state index in [2.05, 4.69) is 19.2 Å². The number of methoxy groups -OCH3 is 1. The zero-order valence-corrected chi connectivity index (χ0v) is 8.47. The highest BCUT2D eigenvalue weighted by atomic mass is 16.5. The number of nitrogens with one attached hydrogen (secondary N) is 1. The van der Waals surface area contributed by atoms with Crippen LogP contribution in [0.25, 0.3) is 0 Å². The van der Waals surface area contributed by atoms with E-state index in [0.717, 1.165) is 31.0 Å². The van der Waals surface area contributed by atoms with Crippen LogP contribution in [0.3, 0.4) is 0 Å². The van der Waals surface area contributed by atoms with E-state index in [-0.39, 0.29) is 0 Å². The normalized spacial score (nSPS) is 29.0. The molecule has 0 spiro atoms. The van der Waals surface area contributed by atoms with Crippen LogP contribution in [0, 0.1) is 11.8 Å². The molecular weight excluding hydrogens is 150 g/mol. The molecule has 0 radical (unpaired) electrons. The van der Waals surface area contributed by atoms with Crippen LogP contribution in [0.15, 0.2) is 0 Å². The van der Waals surface area contributed by atoms with Crippen molar-refractivity contribution < 1.29 is 4.74 Å². The molecule has 1 fully saturated rings. The van der Waals surface area contributed by atoms with Gasteiger partial charge in [-0.15, -0.1) is 0 Å². The molecule has 1 rings (SSSR count). The van der Waals surface area contributed by atoms with Crippen molar-refractivity contribution in [1.29, 1.82) is 0 Å². The highest BCUT2D eigenvalue weighted by Gasteiger charge is 2.28. The second kappa shape index (κ2) is 4.83. The van der Waals surface area contributed by atoms with Crippen LogP contribution in [0.4, 0.5) is 0 Å². The Kier molecular flexibility index (Phi) is 4.02. The third-order valence-corrected chi connectivity index (χ3v) is 2.45. The Hall–Kier alpha value is -0.0800. The lowest BCUT2D eigenvalue weighted by Gasteiger charge is -2.36. The molecule has 2 heteroatoms. The molecule has 0 heterocycles. The van der Waals surface area contributed by atoms with E-state index in [0.29, 0.717) is 0 Å². The van der Waals surface area contributed by atoms with Crippen LogP contribution in [0.2, 0.25) is 0 Å². The summed E-state index contributed by atoms with van der Waals surface area (Å²) >= 11 is 0. The van der Waals surface area contributed by atoms with Crippen molar-refractivity contribution in [2.75, 3.05) is 20.3 Å². The van der Waals surface area contributed by atoms with Crippen LogP contribution < -0.4 is 5.32 Å². The van der Waals surface area contributed by atoms with E-state index >= 15 is 0 Å². The molecule has 0 atom stereocenters. The summed E-state index contributed by atoms with van der Waals surface area (Å²) in [6.07, 6.45) is 2.61. The lowest BCUT2D eigenvalue weighted by molar-refractivity contribution is 0.0876. The molecule has 1 saturated carbocycles. The van der Waals surface area contributed by atoms with Gasteiger partial charge in [0.05, 0.1) is 0 Å². The van der Waals surface area contributed by atoms with E-state index in [1.807, 2.05) is 0 Å². The molecule has 0 aromatic carbocycles. The number of ether oxygens (including phenoxy) is 1. The standard InChI is InChI=1S/C10H21NO/c1-8(2)6-11-10-4-9(5-10)7-12-3/h8-11H,4-7H2,1-3H3/t9-,10+. The fourth-order valence-electron chi connectivity index (χ4n) is 1.68. The van der Waals surface area contributed by atoms with E-state index in [9.17, 15) is 0 Å². The second-order valence-electron chi connectivity index (χ2n) is 4.29. The molecule has 0 bridgehead atoms. The van der Waals surface area contributed by atoms with Gasteiger partial charge < -0.3 is 10.1 Å². The monoisotopic (exact) mass is 171 g/mol. The van der Waals surface area contributed by atoms with Crippen LogP contribution in [-0.4, -0.2) is 26.3 Å². The molecule has 0 saturated heterocycles. The smallest absolute Gasteiger partial charge is 0.0491 e. The van der Waals surface area contributed by atoms with Crippen molar-refractivity contribution in [3.63, 3.8) is 0 Å². The third-order valence-electron chi connectivity index (χ3n) is 2.45. The molecule has 0 amide bonds. The van der Waals surface area contributed by atoms with Crippen LogP contribution >= 0.6 is 0 Å². The summed E-state index contributed by atoms with van der Waals surface area (Å²) in [6, 6.07) is 0.771. The average Bonchev–Trinajstić information content (AvgIpc) is 1.93. The minimum absolute atomic E-state index is 0.770.